The summed E-state index contributed by atoms with van der Waals surface area (Å²) in [5, 5.41) is 2.83. The van der Waals surface area contributed by atoms with Crippen LogP contribution in [0.3, 0.4) is 0 Å². The third-order valence-electron chi connectivity index (χ3n) is 5.51. The number of aryl methyl sites for hydroxylation is 1. The first-order chi connectivity index (χ1) is 14.5. The standard InChI is InChI=1S/C23H28FN3O3/c1-17-5-3-4-6-19(17)23(29)25-10-9-22(28)27-13-11-26(12-14-27)16-18-7-8-21(30-2)20(24)15-18/h3-8,15H,9-14,16H2,1-2H3,(H,25,29)/p+1. The van der Waals surface area contributed by atoms with E-state index in [-0.39, 0.29) is 29.8 Å². The lowest BCUT2D eigenvalue weighted by atomic mass is 10.1. The summed E-state index contributed by atoms with van der Waals surface area (Å²) in [5.74, 6) is -0.203. The molecule has 2 amide bonds. The van der Waals surface area contributed by atoms with Gasteiger partial charge in [0.25, 0.3) is 5.91 Å². The number of piperazine rings is 1. The molecule has 0 aromatic heterocycles. The van der Waals surface area contributed by atoms with Crippen molar-refractivity contribution in [2.45, 2.75) is 19.9 Å². The van der Waals surface area contributed by atoms with E-state index in [0.717, 1.165) is 30.8 Å². The summed E-state index contributed by atoms with van der Waals surface area (Å²) in [6, 6.07) is 12.4. The summed E-state index contributed by atoms with van der Waals surface area (Å²) in [5.41, 5.74) is 2.47. The van der Waals surface area contributed by atoms with Crippen molar-refractivity contribution in [3.63, 3.8) is 0 Å². The Morgan fingerprint density at radius 2 is 1.90 bits per heavy atom. The minimum absolute atomic E-state index is 0.0506. The second kappa shape index (κ2) is 10.2. The van der Waals surface area contributed by atoms with Crippen LogP contribution in [-0.2, 0) is 11.3 Å². The van der Waals surface area contributed by atoms with Crippen molar-refractivity contribution in [1.82, 2.24) is 10.2 Å². The number of benzene rings is 2. The molecule has 2 aromatic carbocycles. The van der Waals surface area contributed by atoms with E-state index >= 15 is 0 Å². The molecule has 0 saturated carbocycles. The van der Waals surface area contributed by atoms with Gasteiger partial charge in [-0.15, -0.1) is 0 Å². The molecule has 3 rings (SSSR count). The van der Waals surface area contributed by atoms with Gasteiger partial charge >= 0.3 is 0 Å². The maximum absolute atomic E-state index is 13.9. The SMILES string of the molecule is COc1ccc(C[NH+]2CCN(C(=O)CCNC(=O)c3ccccc3C)CC2)cc1F. The summed E-state index contributed by atoms with van der Waals surface area (Å²) in [7, 11) is 1.45. The fraction of sp³-hybridized carbons (Fsp3) is 0.391. The minimum Gasteiger partial charge on any atom is -0.494 e. The summed E-state index contributed by atoms with van der Waals surface area (Å²) >= 11 is 0. The fourth-order valence-electron chi connectivity index (χ4n) is 3.72. The molecule has 7 heteroatoms. The summed E-state index contributed by atoms with van der Waals surface area (Å²) in [6.07, 6.45) is 0.288. The largest absolute Gasteiger partial charge is 0.494 e. The number of carbonyl (C=O) groups is 2. The molecule has 0 bridgehead atoms. The van der Waals surface area contributed by atoms with Crippen LogP contribution in [0.15, 0.2) is 42.5 Å². The Morgan fingerprint density at radius 3 is 2.57 bits per heavy atom. The topological polar surface area (TPSA) is 63.1 Å². The zero-order chi connectivity index (χ0) is 21.5. The average Bonchev–Trinajstić information content (AvgIpc) is 2.74. The van der Waals surface area contributed by atoms with Crippen LogP contribution in [0.2, 0.25) is 0 Å². The van der Waals surface area contributed by atoms with Crippen LogP contribution in [0.4, 0.5) is 4.39 Å². The van der Waals surface area contributed by atoms with Gasteiger partial charge in [-0.1, -0.05) is 18.2 Å². The average molecular weight is 415 g/mol. The van der Waals surface area contributed by atoms with E-state index in [1.54, 1.807) is 12.1 Å². The number of rotatable bonds is 7. The Hall–Kier alpha value is -2.93. The maximum atomic E-state index is 13.9. The van der Waals surface area contributed by atoms with E-state index in [4.69, 9.17) is 4.74 Å². The van der Waals surface area contributed by atoms with Gasteiger partial charge in [0, 0.05) is 24.1 Å². The van der Waals surface area contributed by atoms with Crippen LogP contribution < -0.4 is 15.0 Å². The van der Waals surface area contributed by atoms with E-state index in [1.165, 1.54) is 18.1 Å². The third kappa shape index (κ3) is 5.57. The predicted octanol–water partition coefficient (Wildman–Crippen LogP) is 1.19. The molecule has 0 aliphatic carbocycles. The van der Waals surface area contributed by atoms with Crippen molar-refractivity contribution >= 4 is 11.8 Å². The molecule has 1 heterocycles. The molecule has 6 nitrogen and oxygen atoms in total. The fourth-order valence-corrected chi connectivity index (χ4v) is 3.72. The molecule has 2 aromatic rings. The first-order valence-electron chi connectivity index (χ1n) is 10.3. The number of methoxy groups -OCH3 is 1. The van der Waals surface area contributed by atoms with Crippen molar-refractivity contribution in [2.75, 3.05) is 39.8 Å². The lowest BCUT2D eigenvalue weighted by Gasteiger charge is -2.32. The van der Waals surface area contributed by atoms with Crippen molar-refractivity contribution in [1.29, 1.82) is 0 Å². The van der Waals surface area contributed by atoms with Gasteiger partial charge in [0.1, 0.15) is 6.54 Å². The molecule has 1 aliphatic heterocycles. The van der Waals surface area contributed by atoms with E-state index < -0.39 is 0 Å². The van der Waals surface area contributed by atoms with Gasteiger partial charge in [-0.05, 0) is 36.8 Å². The molecule has 0 atom stereocenters. The Morgan fingerprint density at radius 1 is 1.17 bits per heavy atom. The van der Waals surface area contributed by atoms with Crippen LogP contribution in [0.25, 0.3) is 0 Å². The highest BCUT2D eigenvalue weighted by atomic mass is 19.1. The molecule has 0 radical (unpaired) electrons. The van der Waals surface area contributed by atoms with Crippen LogP contribution >= 0.6 is 0 Å². The number of ether oxygens (including phenoxy) is 1. The van der Waals surface area contributed by atoms with Gasteiger partial charge in [-0.25, -0.2) is 4.39 Å². The molecular formula is C23H29FN3O3+. The van der Waals surface area contributed by atoms with Crippen LogP contribution in [0, 0.1) is 12.7 Å². The lowest BCUT2D eigenvalue weighted by Crippen LogP contribution is -3.13. The zero-order valence-corrected chi connectivity index (χ0v) is 17.5. The van der Waals surface area contributed by atoms with Gasteiger partial charge in [-0.3, -0.25) is 9.59 Å². The number of nitrogens with one attached hydrogen (secondary N) is 2. The smallest absolute Gasteiger partial charge is 0.251 e. The van der Waals surface area contributed by atoms with E-state index in [0.29, 0.717) is 25.2 Å². The molecule has 1 fully saturated rings. The second-order valence-electron chi connectivity index (χ2n) is 7.60. The zero-order valence-electron chi connectivity index (χ0n) is 17.5. The number of nitrogens with zero attached hydrogens (tertiary/aromatic N) is 1. The molecule has 1 aliphatic rings. The Kier molecular flexibility index (Phi) is 7.41. The van der Waals surface area contributed by atoms with Crippen LogP contribution in [-0.4, -0.2) is 56.5 Å². The molecule has 2 N–H and O–H groups in total. The molecule has 1 saturated heterocycles. The van der Waals surface area contributed by atoms with Gasteiger partial charge in [0.15, 0.2) is 11.6 Å². The second-order valence-corrected chi connectivity index (χ2v) is 7.60. The van der Waals surface area contributed by atoms with Gasteiger partial charge in [0.2, 0.25) is 5.91 Å². The van der Waals surface area contributed by atoms with E-state index in [2.05, 4.69) is 5.32 Å². The Balaban J connectivity index is 1.40. The van der Waals surface area contributed by atoms with E-state index in [1.807, 2.05) is 36.1 Å². The van der Waals surface area contributed by atoms with Crippen LogP contribution in [0.5, 0.6) is 5.75 Å². The highest BCUT2D eigenvalue weighted by Gasteiger charge is 2.24. The van der Waals surface area contributed by atoms with Crippen LogP contribution in [0.1, 0.15) is 27.9 Å². The van der Waals surface area contributed by atoms with Crippen molar-refractivity contribution < 1.29 is 23.6 Å². The normalized spacial score (nSPS) is 14.4. The molecule has 160 valence electrons. The first kappa shape index (κ1) is 21.8. The Labute approximate surface area is 176 Å². The lowest BCUT2D eigenvalue weighted by molar-refractivity contribution is -0.917. The predicted molar refractivity (Wildman–Crippen MR) is 112 cm³/mol. The number of halogens is 1. The highest BCUT2D eigenvalue weighted by Crippen LogP contribution is 2.17. The number of hydrogen-bond donors (Lipinski definition) is 2. The van der Waals surface area contributed by atoms with Crippen molar-refractivity contribution in [3.05, 3.63) is 65.0 Å². The van der Waals surface area contributed by atoms with Gasteiger partial charge < -0.3 is 19.9 Å². The van der Waals surface area contributed by atoms with Gasteiger partial charge in [-0.2, -0.15) is 0 Å². The molecule has 0 spiro atoms. The summed E-state index contributed by atoms with van der Waals surface area (Å²) in [4.78, 5) is 27.9. The number of quaternary nitrogens is 1. The maximum Gasteiger partial charge on any atom is 0.251 e. The quantitative estimate of drug-likeness (QED) is 0.716. The summed E-state index contributed by atoms with van der Waals surface area (Å²) < 4.78 is 18.8. The van der Waals surface area contributed by atoms with Crippen molar-refractivity contribution in [2.24, 2.45) is 0 Å². The first-order valence-corrected chi connectivity index (χ1v) is 10.3. The monoisotopic (exact) mass is 414 g/mol. The van der Waals surface area contributed by atoms with Crippen molar-refractivity contribution in [3.8, 4) is 5.75 Å². The number of amides is 2. The number of hydrogen-bond acceptors (Lipinski definition) is 3. The highest BCUT2D eigenvalue weighted by molar-refractivity contribution is 5.95. The number of carbonyl (C=O) groups excluding carboxylic acids is 2. The van der Waals surface area contributed by atoms with Gasteiger partial charge in [0.05, 0.1) is 33.3 Å². The van der Waals surface area contributed by atoms with E-state index in [9.17, 15) is 14.0 Å². The minimum atomic E-state index is -0.351. The molecule has 30 heavy (non-hydrogen) atoms. The molecule has 0 unspecified atom stereocenters. The Bertz CT molecular complexity index is 895. The molecular weight excluding hydrogens is 385 g/mol. The third-order valence-corrected chi connectivity index (χ3v) is 5.51. The summed E-state index contributed by atoms with van der Waals surface area (Å²) in [6.45, 7) is 5.89.